The maximum Gasteiger partial charge on any atom is 0.223 e. The van der Waals surface area contributed by atoms with Gasteiger partial charge in [0.25, 0.3) is 0 Å². The number of nitrogens with zero attached hydrogens (tertiary/aromatic N) is 6. The van der Waals surface area contributed by atoms with E-state index in [9.17, 15) is 9.18 Å². The molecular formula is C26H32ClFN6O. The molecular weight excluding hydrogens is 467 g/mol. The number of piperazine rings is 1. The molecule has 1 aromatic carbocycles. The number of carbonyl (C=O) groups excluding carboxylic acids is 1. The maximum atomic E-state index is 13.6. The number of hydrogen-bond donors (Lipinski definition) is 0. The lowest BCUT2D eigenvalue weighted by Gasteiger charge is -2.36. The van der Waals surface area contributed by atoms with Gasteiger partial charge in [-0.15, -0.1) is 11.6 Å². The number of benzene rings is 1. The molecule has 3 heterocycles. The molecule has 9 heteroatoms. The van der Waals surface area contributed by atoms with E-state index < -0.39 is 0 Å². The SMILES string of the molecule is Cc1nn(-c2ccc(F)cc2)c2nc(CC3CCCCC3)nc(N3CCN(C(=O)CCCl)CC3)c12. The van der Waals surface area contributed by atoms with E-state index in [2.05, 4.69) is 4.90 Å². The average molecular weight is 499 g/mol. The molecule has 5 rings (SSSR count). The predicted octanol–water partition coefficient (Wildman–Crippen LogP) is 4.66. The van der Waals surface area contributed by atoms with Gasteiger partial charge in [0.15, 0.2) is 5.65 Å². The normalized spacial score (nSPS) is 17.3. The zero-order valence-electron chi connectivity index (χ0n) is 20.2. The zero-order chi connectivity index (χ0) is 24.4. The van der Waals surface area contributed by atoms with Crippen molar-refractivity contribution in [1.29, 1.82) is 0 Å². The van der Waals surface area contributed by atoms with Crippen LogP contribution in [0.1, 0.15) is 50.0 Å². The minimum Gasteiger partial charge on any atom is -0.352 e. The number of fused-ring (bicyclic) bond motifs is 1. The number of aromatic nitrogens is 4. The van der Waals surface area contributed by atoms with Crippen LogP contribution in [0.3, 0.4) is 0 Å². The van der Waals surface area contributed by atoms with Crippen LogP contribution in [0.2, 0.25) is 0 Å². The first-order valence-corrected chi connectivity index (χ1v) is 13.2. The lowest BCUT2D eigenvalue weighted by atomic mass is 9.87. The molecule has 0 spiro atoms. The Morgan fingerprint density at radius 3 is 2.46 bits per heavy atom. The van der Waals surface area contributed by atoms with Crippen LogP contribution in [0, 0.1) is 18.7 Å². The van der Waals surface area contributed by atoms with E-state index in [-0.39, 0.29) is 11.7 Å². The van der Waals surface area contributed by atoms with Crippen LogP contribution in [0.25, 0.3) is 16.7 Å². The molecule has 3 aromatic rings. The molecule has 7 nitrogen and oxygen atoms in total. The Morgan fingerprint density at radius 1 is 1.06 bits per heavy atom. The first kappa shape index (κ1) is 24.0. The summed E-state index contributed by atoms with van der Waals surface area (Å²) >= 11 is 5.78. The van der Waals surface area contributed by atoms with E-state index in [1.54, 1.807) is 16.8 Å². The van der Waals surface area contributed by atoms with Crippen LogP contribution in [0.15, 0.2) is 24.3 Å². The van der Waals surface area contributed by atoms with Gasteiger partial charge in [-0.3, -0.25) is 4.79 Å². The molecule has 1 aliphatic heterocycles. The summed E-state index contributed by atoms with van der Waals surface area (Å²) in [5.74, 6) is 2.49. The molecule has 2 fully saturated rings. The fourth-order valence-corrected chi connectivity index (χ4v) is 5.51. The van der Waals surface area contributed by atoms with Crippen molar-refractivity contribution in [2.24, 2.45) is 5.92 Å². The highest BCUT2D eigenvalue weighted by molar-refractivity contribution is 6.18. The van der Waals surface area contributed by atoms with Crippen molar-refractivity contribution in [1.82, 2.24) is 24.6 Å². The Morgan fingerprint density at radius 2 is 1.77 bits per heavy atom. The Hall–Kier alpha value is -2.74. The third-order valence-electron chi connectivity index (χ3n) is 7.24. The summed E-state index contributed by atoms with van der Waals surface area (Å²) < 4.78 is 15.4. The Balaban J connectivity index is 1.52. The highest BCUT2D eigenvalue weighted by Gasteiger charge is 2.27. The summed E-state index contributed by atoms with van der Waals surface area (Å²) in [6, 6.07) is 6.34. The molecule has 35 heavy (non-hydrogen) atoms. The number of carbonyl (C=O) groups is 1. The predicted molar refractivity (Wildman–Crippen MR) is 136 cm³/mol. The van der Waals surface area contributed by atoms with Gasteiger partial charge >= 0.3 is 0 Å². The van der Waals surface area contributed by atoms with Crippen molar-refractivity contribution >= 4 is 34.4 Å². The highest BCUT2D eigenvalue weighted by atomic mass is 35.5. The topological polar surface area (TPSA) is 67.2 Å². The van der Waals surface area contributed by atoms with E-state index in [0.717, 1.165) is 40.5 Å². The summed E-state index contributed by atoms with van der Waals surface area (Å²) in [4.78, 5) is 26.5. The molecule has 1 saturated carbocycles. The van der Waals surface area contributed by atoms with E-state index in [4.69, 9.17) is 26.7 Å². The minimum atomic E-state index is -0.281. The lowest BCUT2D eigenvalue weighted by molar-refractivity contribution is -0.131. The molecule has 1 aliphatic carbocycles. The van der Waals surface area contributed by atoms with Gasteiger partial charge in [0.05, 0.1) is 16.8 Å². The van der Waals surface area contributed by atoms with Crippen LogP contribution in [0.4, 0.5) is 10.2 Å². The smallest absolute Gasteiger partial charge is 0.223 e. The number of alkyl halides is 1. The van der Waals surface area contributed by atoms with Gasteiger partial charge in [-0.1, -0.05) is 32.1 Å². The number of amides is 1. The second-order valence-corrected chi connectivity index (χ2v) is 10.0. The second kappa shape index (κ2) is 10.5. The number of rotatable bonds is 6. The van der Waals surface area contributed by atoms with Crippen molar-refractivity contribution in [2.45, 2.75) is 51.9 Å². The molecule has 0 N–H and O–H groups in total. The molecule has 2 aliphatic rings. The lowest BCUT2D eigenvalue weighted by Crippen LogP contribution is -2.49. The standard InChI is InChI=1S/C26H32ClFN6O/c1-18-24-25(33-15-13-32(14-16-33)23(35)11-12-27)29-22(17-19-5-3-2-4-6-19)30-26(24)34(31-18)21-9-7-20(28)8-10-21/h7-10,19H,2-6,11-17H2,1H3. The number of anilines is 1. The zero-order valence-corrected chi connectivity index (χ0v) is 21.0. The van der Waals surface area contributed by atoms with Gasteiger partial charge < -0.3 is 9.80 Å². The van der Waals surface area contributed by atoms with Gasteiger partial charge in [0, 0.05) is 44.9 Å². The molecule has 1 amide bonds. The number of halogens is 2. The second-order valence-electron chi connectivity index (χ2n) is 9.65. The fraction of sp³-hybridized carbons (Fsp3) is 0.538. The Labute approximate surface area is 210 Å². The summed E-state index contributed by atoms with van der Waals surface area (Å²) in [7, 11) is 0. The van der Waals surface area contributed by atoms with Gasteiger partial charge in [-0.05, 0) is 37.1 Å². The Kier molecular flexibility index (Phi) is 7.18. The largest absolute Gasteiger partial charge is 0.352 e. The molecule has 0 bridgehead atoms. The third kappa shape index (κ3) is 5.13. The first-order chi connectivity index (χ1) is 17.0. The maximum absolute atomic E-state index is 13.6. The summed E-state index contributed by atoms with van der Waals surface area (Å²) in [6.07, 6.45) is 7.50. The summed E-state index contributed by atoms with van der Waals surface area (Å²) in [6.45, 7) is 4.65. The van der Waals surface area contributed by atoms with Crippen LogP contribution in [-0.2, 0) is 11.2 Å². The van der Waals surface area contributed by atoms with Crippen LogP contribution >= 0.6 is 11.6 Å². The first-order valence-electron chi connectivity index (χ1n) is 12.6. The van der Waals surface area contributed by atoms with Crippen LogP contribution in [0.5, 0.6) is 0 Å². The molecule has 0 radical (unpaired) electrons. The van der Waals surface area contributed by atoms with E-state index in [0.29, 0.717) is 44.4 Å². The average Bonchev–Trinajstić information content (AvgIpc) is 3.21. The quantitative estimate of drug-likeness (QED) is 0.462. The Bertz CT molecular complexity index is 1180. The summed E-state index contributed by atoms with van der Waals surface area (Å²) in [5, 5.41) is 5.71. The van der Waals surface area contributed by atoms with E-state index in [1.165, 1.54) is 44.2 Å². The fourth-order valence-electron chi connectivity index (χ4n) is 5.34. The third-order valence-corrected chi connectivity index (χ3v) is 7.43. The van der Waals surface area contributed by atoms with Crippen molar-refractivity contribution in [3.63, 3.8) is 0 Å². The van der Waals surface area contributed by atoms with Crippen LogP contribution in [-0.4, -0.2) is 62.6 Å². The molecule has 0 unspecified atom stereocenters. The van der Waals surface area contributed by atoms with Gasteiger partial charge in [0.1, 0.15) is 17.5 Å². The highest BCUT2D eigenvalue weighted by Crippen LogP contribution is 2.32. The van der Waals surface area contributed by atoms with Crippen molar-refractivity contribution in [3.05, 3.63) is 41.6 Å². The number of aryl methyl sites for hydroxylation is 1. The molecule has 1 saturated heterocycles. The number of hydrogen-bond acceptors (Lipinski definition) is 5. The van der Waals surface area contributed by atoms with Crippen molar-refractivity contribution in [2.75, 3.05) is 37.0 Å². The van der Waals surface area contributed by atoms with E-state index >= 15 is 0 Å². The monoisotopic (exact) mass is 498 g/mol. The van der Waals surface area contributed by atoms with Crippen molar-refractivity contribution < 1.29 is 9.18 Å². The molecule has 0 atom stereocenters. The van der Waals surface area contributed by atoms with Gasteiger partial charge in [0.2, 0.25) is 5.91 Å². The molecule has 2 aromatic heterocycles. The minimum absolute atomic E-state index is 0.103. The van der Waals surface area contributed by atoms with Gasteiger partial charge in [-0.25, -0.2) is 19.0 Å². The van der Waals surface area contributed by atoms with Crippen molar-refractivity contribution in [3.8, 4) is 5.69 Å². The molecule has 186 valence electrons. The van der Waals surface area contributed by atoms with Gasteiger partial charge in [-0.2, -0.15) is 5.10 Å². The summed E-state index contributed by atoms with van der Waals surface area (Å²) in [5.41, 5.74) is 2.36. The van der Waals surface area contributed by atoms with E-state index in [1.807, 2.05) is 11.8 Å². The van der Waals surface area contributed by atoms with Crippen LogP contribution < -0.4 is 4.90 Å².